The molecule has 8 nitrogen and oxygen atoms in total. The first-order valence-corrected chi connectivity index (χ1v) is 5.99. The number of anilines is 2. The molecule has 1 aromatic heterocycles. The van der Waals surface area contributed by atoms with Crippen LogP contribution in [0.15, 0.2) is 6.33 Å². The third-order valence-electron chi connectivity index (χ3n) is 2.39. The van der Waals surface area contributed by atoms with Crippen molar-refractivity contribution in [3.8, 4) is 0 Å². The Labute approximate surface area is 117 Å². The maximum atomic E-state index is 12.2. The van der Waals surface area contributed by atoms with E-state index in [1.165, 1.54) is 0 Å². The third-order valence-corrected chi connectivity index (χ3v) is 2.39. The van der Waals surface area contributed by atoms with E-state index in [4.69, 9.17) is 5.11 Å². The van der Waals surface area contributed by atoms with Gasteiger partial charge in [-0.1, -0.05) is 6.92 Å². The molecular formula is C10H14F3N5O3. The van der Waals surface area contributed by atoms with Crippen molar-refractivity contribution in [2.75, 3.05) is 23.7 Å². The number of aliphatic hydroxyl groups is 1. The minimum Gasteiger partial charge on any atom is -0.382 e. The minimum absolute atomic E-state index is 0.0964. The number of rotatable bonds is 7. The average Bonchev–Trinajstić information content (AvgIpc) is 2.40. The molecular weight excluding hydrogens is 295 g/mol. The van der Waals surface area contributed by atoms with Crippen LogP contribution in [0.2, 0.25) is 0 Å². The molecule has 0 aliphatic carbocycles. The van der Waals surface area contributed by atoms with Crippen LogP contribution in [0.3, 0.4) is 0 Å². The molecule has 0 aliphatic heterocycles. The molecule has 0 saturated carbocycles. The van der Waals surface area contributed by atoms with Crippen molar-refractivity contribution in [3.63, 3.8) is 0 Å². The first kappa shape index (κ1) is 16.9. The second-order valence-corrected chi connectivity index (χ2v) is 4.04. The summed E-state index contributed by atoms with van der Waals surface area (Å²) in [4.78, 5) is 17.4. The highest BCUT2D eigenvalue weighted by atomic mass is 19.4. The molecule has 118 valence electrons. The van der Waals surface area contributed by atoms with Gasteiger partial charge in [-0.25, -0.2) is 9.97 Å². The molecule has 0 amide bonds. The number of hydrogen-bond donors (Lipinski definition) is 3. The molecule has 0 saturated heterocycles. The number of halogens is 3. The fraction of sp³-hybridized carbons (Fsp3) is 0.600. The normalized spacial score (nSPS) is 12.8. The van der Waals surface area contributed by atoms with E-state index < -0.39 is 35.3 Å². The summed E-state index contributed by atoms with van der Waals surface area (Å²) >= 11 is 0. The van der Waals surface area contributed by atoms with E-state index in [-0.39, 0.29) is 5.82 Å². The van der Waals surface area contributed by atoms with E-state index in [1.807, 2.05) is 6.92 Å². The Morgan fingerprint density at radius 1 is 1.38 bits per heavy atom. The van der Waals surface area contributed by atoms with E-state index in [1.54, 1.807) is 0 Å². The fourth-order valence-electron chi connectivity index (χ4n) is 1.36. The second kappa shape index (κ2) is 7.02. The van der Waals surface area contributed by atoms with Gasteiger partial charge in [-0.05, 0) is 6.42 Å². The van der Waals surface area contributed by atoms with Crippen molar-refractivity contribution in [2.45, 2.75) is 25.6 Å². The summed E-state index contributed by atoms with van der Waals surface area (Å²) < 4.78 is 36.6. The van der Waals surface area contributed by atoms with Crippen molar-refractivity contribution in [1.29, 1.82) is 0 Å². The van der Waals surface area contributed by atoms with Gasteiger partial charge in [-0.2, -0.15) is 13.2 Å². The van der Waals surface area contributed by atoms with Crippen molar-refractivity contribution in [2.24, 2.45) is 0 Å². The van der Waals surface area contributed by atoms with Gasteiger partial charge in [0.2, 0.25) is 11.6 Å². The van der Waals surface area contributed by atoms with Crippen molar-refractivity contribution < 1.29 is 23.2 Å². The monoisotopic (exact) mass is 309 g/mol. The Balaban J connectivity index is 2.93. The van der Waals surface area contributed by atoms with Crippen LogP contribution in [0.4, 0.5) is 30.5 Å². The molecule has 1 heterocycles. The Hall–Kier alpha value is -2.17. The summed E-state index contributed by atoms with van der Waals surface area (Å²) in [5, 5.41) is 24.7. The van der Waals surface area contributed by atoms with Crippen LogP contribution in [0.5, 0.6) is 0 Å². The molecule has 11 heteroatoms. The maximum Gasteiger partial charge on any atom is 0.416 e. The Kier molecular flexibility index (Phi) is 5.64. The van der Waals surface area contributed by atoms with Gasteiger partial charge < -0.3 is 15.7 Å². The molecule has 21 heavy (non-hydrogen) atoms. The van der Waals surface area contributed by atoms with Crippen LogP contribution in [0.1, 0.15) is 13.3 Å². The lowest BCUT2D eigenvalue weighted by Crippen LogP contribution is -2.35. The molecule has 1 rings (SSSR count). The number of hydrogen-bond acceptors (Lipinski definition) is 7. The Morgan fingerprint density at radius 2 is 1.95 bits per heavy atom. The second-order valence-electron chi connectivity index (χ2n) is 4.04. The molecule has 1 aromatic rings. The Morgan fingerprint density at radius 3 is 2.43 bits per heavy atom. The molecule has 0 spiro atoms. The van der Waals surface area contributed by atoms with E-state index in [0.29, 0.717) is 13.0 Å². The molecule has 0 bridgehead atoms. The van der Waals surface area contributed by atoms with Crippen molar-refractivity contribution in [1.82, 2.24) is 9.97 Å². The number of aliphatic hydroxyl groups excluding tert-OH is 1. The quantitative estimate of drug-likeness (QED) is 0.517. The molecule has 3 N–H and O–H groups in total. The number of aromatic nitrogens is 2. The lowest BCUT2D eigenvalue weighted by atomic mass is 10.3. The van der Waals surface area contributed by atoms with Gasteiger partial charge in [0.15, 0.2) is 6.10 Å². The van der Waals surface area contributed by atoms with Crippen LogP contribution in [-0.2, 0) is 0 Å². The molecule has 0 aliphatic rings. The zero-order valence-corrected chi connectivity index (χ0v) is 11.0. The first-order chi connectivity index (χ1) is 9.77. The van der Waals surface area contributed by atoms with Crippen molar-refractivity contribution in [3.05, 3.63) is 16.4 Å². The van der Waals surface area contributed by atoms with Crippen LogP contribution in [-0.4, -0.2) is 45.4 Å². The highest BCUT2D eigenvalue weighted by molar-refractivity contribution is 5.69. The highest BCUT2D eigenvalue weighted by Gasteiger charge is 2.38. The van der Waals surface area contributed by atoms with E-state index in [2.05, 4.69) is 20.6 Å². The Bertz CT molecular complexity index is 497. The molecule has 0 fully saturated rings. The van der Waals surface area contributed by atoms with Gasteiger partial charge in [0, 0.05) is 6.54 Å². The number of nitro groups is 1. The lowest BCUT2D eigenvalue weighted by molar-refractivity contribution is -0.383. The van der Waals surface area contributed by atoms with Crippen LogP contribution in [0, 0.1) is 10.1 Å². The van der Waals surface area contributed by atoms with Gasteiger partial charge in [-0.15, -0.1) is 0 Å². The van der Waals surface area contributed by atoms with E-state index in [9.17, 15) is 23.3 Å². The van der Waals surface area contributed by atoms with Crippen LogP contribution >= 0.6 is 0 Å². The third kappa shape index (κ3) is 4.70. The van der Waals surface area contributed by atoms with Gasteiger partial charge in [0.25, 0.3) is 0 Å². The highest BCUT2D eigenvalue weighted by Crippen LogP contribution is 2.29. The zero-order valence-electron chi connectivity index (χ0n) is 11.0. The zero-order chi connectivity index (χ0) is 16.0. The van der Waals surface area contributed by atoms with E-state index in [0.717, 1.165) is 6.33 Å². The van der Waals surface area contributed by atoms with Crippen LogP contribution in [0.25, 0.3) is 0 Å². The first-order valence-electron chi connectivity index (χ1n) is 5.99. The summed E-state index contributed by atoms with van der Waals surface area (Å²) in [6.45, 7) is 1.29. The van der Waals surface area contributed by atoms with Gasteiger partial charge in [0.05, 0.1) is 11.5 Å². The summed E-state index contributed by atoms with van der Waals surface area (Å²) in [7, 11) is 0. The van der Waals surface area contributed by atoms with Gasteiger partial charge in [-0.3, -0.25) is 10.1 Å². The smallest absolute Gasteiger partial charge is 0.382 e. The predicted molar refractivity (Wildman–Crippen MR) is 68.0 cm³/mol. The van der Waals surface area contributed by atoms with Gasteiger partial charge >= 0.3 is 11.9 Å². The maximum absolute atomic E-state index is 12.2. The predicted octanol–water partition coefficient (Wildman–Crippen LogP) is 1.54. The topological polar surface area (TPSA) is 113 Å². The average molecular weight is 309 g/mol. The summed E-state index contributed by atoms with van der Waals surface area (Å²) in [5.74, 6) is -0.488. The van der Waals surface area contributed by atoms with Gasteiger partial charge in [0.1, 0.15) is 6.33 Å². The summed E-state index contributed by atoms with van der Waals surface area (Å²) in [5.41, 5.74) is -0.569. The number of nitrogens with zero attached hydrogens (tertiary/aromatic N) is 3. The molecule has 1 unspecified atom stereocenters. The minimum atomic E-state index is -4.82. The fourth-order valence-corrected chi connectivity index (χ4v) is 1.36. The lowest BCUT2D eigenvalue weighted by Gasteiger charge is -2.15. The van der Waals surface area contributed by atoms with Crippen molar-refractivity contribution >= 4 is 17.3 Å². The number of alkyl halides is 3. The summed E-state index contributed by atoms with van der Waals surface area (Å²) in [6, 6.07) is 0. The molecule has 0 radical (unpaired) electrons. The number of nitrogens with one attached hydrogen (secondary N) is 2. The largest absolute Gasteiger partial charge is 0.416 e. The standard InChI is InChI=1S/C10H14F3N5O3/c1-2-3-14-8-7(18(20)21)9(17-5-16-8)15-4-6(19)10(11,12)13/h5-6,19H,2-4H2,1H3,(H2,14,15,16,17). The molecule has 0 aromatic carbocycles. The SMILES string of the molecule is CCCNc1ncnc(NCC(O)C(F)(F)F)c1[N+](=O)[O-]. The summed E-state index contributed by atoms with van der Waals surface area (Å²) in [6.07, 6.45) is -5.82. The van der Waals surface area contributed by atoms with Crippen LogP contribution < -0.4 is 10.6 Å². The molecule has 1 atom stereocenters. The van der Waals surface area contributed by atoms with E-state index >= 15 is 0 Å².